The van der Waals surface area contributed by atoms with E-state index >= 15 is 0 Å². The Hall–Kier alpha value is -2.27. The average Bonchev–Trinajstić information content (AvgIpc) is 3.26. The SMILES string of the molecule is Cc1cc(C)cc(OCC(=O)NC[C@H](c2ccco2)[NH+]2CCCC2)c1. The molecule has 1 fully saturated rings. The second-order valence-corrected chi connectivity index (χ2v) is 6.85. The first-order chi connectivity index (χ1) is 12.1. The third-order valence-electron chi connectivity index (χ3n) is 4.69. The fourth-order valence-electron chi connectivity index (χ4n) is 3.55. The molecule has 2 N–H and O–H groups in total. The van der Waals surface area contributed by atoms with E-state index in [1.807, 2.05) is 38.1 Å². The van der Waals surface area contributed by atoms with E-state index in [4.69, 9.17) is 9.15 Å². The van der Waals surface area contributed by atoms with Crippen LogP contribution < -0.4 is 15.0 Å². The molecule has 2 heterocycles. The second-order valence-electron chi connectivity index (χ2n) is 6.85. The van der Waals surface area contributed by atoms with Crippen LogP contribution in [0.5, 0.6) is 5.75 Å². The Bertz CT molecular complexity index is 671. The number of furan rings is 1. The van der Waals surface area contributed by atoms with Gasteiger partial charge >= 0.3 is 0 Å². The number of benzene rings is 1. The highest BCUT2D eigenvalue weighted by Crippen LogP contribution is 2.16. The van der Waals surface area contributed by atoms with Crippen LogP contribution in [0.2, 0.25) is 0 Å². The Morgan fingerprint density at radius 3 is 2.60 bits per heavy atom. The average molecular weight is 343 g/mol. The molecule has 1 saturated heterocycles. The Morgan fingerprint density at radius 1 is 1.24 bits per heavy atom. The lowest BCUT2D eigenvalue weighted by Crippen LogP contribution is -3.11. The van der Waals surface area contributed by atoms with Crippen molar-refractivity contribution in [3.8, 4) is 5.75 Å². The van der Waals surface area contributed by atoms with Crippen molar-refractivity contribution in [1.29, 1.82) is 0 Å². The van der Waals surface area contributed by atoms with E-state index in [-0.39, 0.29) is 18.6 Å². The fraction of sp³-hybridized carbons (Fsp3) is 0.450. The largest absolute Gasteiger partial charge is 0.484 e. The van der Waals surface area contributed by atoms with Gasteiger partial charge in [0.1, 0.15) is 5.75 Å². The number of rotatable bonds is 7. The number of aryl methyl sites for hydroxylation is 2. The molecule has 1 amide bonds. The summed E-state index contributed by atoms with van der Waals surface area (Å²) in [5, 5.41) is 3.00. The molecule has 134 valence electrons. The molecule has 0 spiro atoms. The van der Waals surface area contributed by atoms with Crippen molar-refractivity contribution in [2.75, 3.05) is 26.2 Å². The normalized spacial score (nSPS) is 15.9. The number of nitrogens with one attached hydrogen (secondary N) is 2. The highest BCUT2D eigenvalue weighted by atomic mass is 16.5. The molecule has 1 atom stereocenters. The topological polar surface area (TPSA) is 55.9 Å². The maximum absolute atomic E-state index is 12.2. The number of hydrogen-bond donors (Lipinski definition) is 2. The number of hydrogen-bond acceptors (Lipinski definition) is 3. The van der Waals surface area contributed by atoms with E-state index in [2.05, 4.69) is 11.4 Å². The van der Waals surface area contributed by atoms with Crippen molar-refractivity contribution in [1.82, 2.24) is 5.32 Å². The van der Waals surface area contributed by atoms with Crippen molar-refractivity contribution >= 4 is 5.91 Å². The third kappa shape index (κ3) is 4.86. The summed E-state index contributed by atoms with van der Waals surface area (Å²) in [5.74, 6) is 1.57. The first kappa shape index (κ1) is 17.5. The van der Waals surface area contributed by atoms with Gasteiger partial charge < -0.3 is 19.4 Å². The monoisotopic (exact) mass is 343 g/mol. The molecule has 0 radical (unpaired) electrons. The van der Waals surface area contributed by atoms with Gasteiger partial charge in [0.15, 0.2) is 18.4 Å². The van der Waals surface area contributed by atoms with Crippen molar-refractivity contribution in [3.05, 3.63) is 53.5 Å². The van der Waals surface area contributed by atoms with Crippen molar-refractivity contribution in [2.45, 2.75) is 32.7 Å². The molecule has 2 aromatic rings. The van der Waals surface area contributed by atoms with Crippen molar-refractivity contribution in [2.24, 2.45) is 0 Å². The van der Waals surface area contributed by atoms with E-state index in [0.717, 1.165) is 35.7 Å². The Kier molecular flexibility index (Phi) is 5.76. The Morgan fingerprint density at radius 2 is 1.96 bits per heavy atom. The molecular formula is C20H27N2O3+. The predicted octanol–water partition coefficient (Wildman–Crippen LogP) is 1.81. The molecule has 5 nitrogen and oxygen atoms in total. The zero-order valence-electron chi connectivity index (χ0n) is 15.0. The van der Waals surface area contributed by atoms with E-state index in [9.17, 15) is 4.79 Å². The summed E-state index contributed by atoms with van der Waals surface area (Å²) in [6, 6.07) is 10.0. The van der Waals surface area contributed by atoms with Crippen molar-refractivity contribution < 1.29 is 18.8 Å². The Labute approximate surface area is 149 Å². The molecule has 0 unspecified atom stereocenters. The highest BCUT2D eigenvalue weighted by Gasteiger charge is 2.29. The maximum Gasteiger partial charge on any atom is 0.258 e. The molecule has 1 aromatic carbocycles. The summed E-state index contributed by atoms with van der Waals surface area (Å²) in [7, 11) is 0. The first-order valence-electron chi connectivity index (χ1n) is 8.97. The number of quaternary nitrogens is 1. The molecule has 25 heavy (non-hydrogen) atoms. The van der Waals surface area contributed by atoms with Crippen LogP contribution in [0.1, 0.15) is 35.8 Å². The van der Waals surface area contributed by atoms with E-state index in [0.29, 0.717) is 6.54 Å². The molecule has 1 aromatic heterocycles. The highest BCUT2D eigenvalue weighted by molar-refractivity contribution is 5.77. The van der Waals surface area contributed by atoms with Gasteiger partial charge in [0.25, 0.3) is 5.91 Å². The molecule has 3 rings (SSSR count). The Balaban J connectivity index is 1.52. The number of ether oxygens (including phenoxy) is 1. The summed E-state index contributed by atoms with van der Waals surface area (Å²) in [6.45, 7) is 6.89. The van der Waals surface area contributed by atoms with Gasteiger partial charge in [-0.05, 0) is 49.2 Å². The van der Waals surface area contributed by atoms with E-state index in [1.165, 1.54) is 17.7 Å². The van der Waals surface area contributed by atoms with Crippen LogP contribution in [0, 0.1) is 13.8 Å². The van der Waals surface area contributed by atoms with Gasteiger partial charge in [0.05, 0.1) is 25.9 Å². The van der Waals surface area contributed by atoms with Crippen molar-refractivity contribution in [3.63, 3.8) is 0 Å². The quantitative estimate of drug-likeness (QED) is 0.806. The minimum Gasteiger partial charge on any atom is -0.484 e. The van der Waals surface area contributed by atoms with Crippen LogP contribution in [0.15, 0.2) is 41.0 Å². The van der Waals surface area contributed by atoms with E-state index < -0.39 is 0 Å². The van der Waals surface area contributed by atoms with Gasteiger partial charge in [-0.25, -0.2) is 0 Å². The van der Waals surface area contributed by atoms with Gasteiger partial charge in [0.2, 0.25) is 0 Å². The number of amides is 1. The van der Waals surface area contributed by atoms with Crippen LogP contribution in [-0.4, -0.2) is 32.1 Å². The number of carbonyl (C=O) groups is 1. The standard InChI is InChI=1S/C20H26N2O3/c1-15-10-16(2)12-17(11-15)25-14-20(23)21-13-18(19-6-5-9-24-19)22-7-3-4-8-22/h5-6,9-12,18H,3-4,7-8,13-14H2,1-2H3,(H,21,23)/p+1/t18-/m1/s1. The molecule has 0 aliphatic carbocycles. The summed E-state index contributed by atoms with van der Waals surface area (Å²) in [4.78, 5) is 13.7. The van der Waals surface area contributed by atoms with Crippen LogP contribution in [0.25, 0.3) is 0 Å². The van der Waals surface area contributed by atoms with Gasteiger partial charge in [0, 0.05) is 12.8 Å². The minimum atomic E-state index is -0.102. The predicted molar refractivity (Wildman–Crippen MR) is 95.8 cm³/mol. The minimum absolute atomic E-state index is 0.0309. The van der Waals surface area contributed by atoms with Crippen LogP contribution in [0.4, 0.5) is 0 Å². The van der Waals surface area contributed by atoms with Crippen LogP contribution >= 0.6 is 0 Å². The van der Waals surface area contributed by atoms with Crippen LogP contribution in [-0.2, 0) is 4.79 Å². The third-order valence-corrected chi connectivity index (χ3v) is 4.69. The van der Waals surface area contributed by atoms with Gasteiger partial charge in [-0.3, -0.25) is 4.79 Å². The molecule has 5 heteroatoms. The lowest BCUT2D eigenvalue weighted by molar-refractivity contribution is -0.919. The summed E-state index contributed by atoms with van der Waals surface area (Å²) >= 11 is 0. The fourth-order valence-corrected chi connectivity index (χ4v) is 3.55. The molecule has 0 saturated carbocycles. The zero-order chi connectivity index (χ0) is 17.6. The lowest BCUT2D eigenvalue weighted by Gasteiger charge is -2.23. The lowest BCUT2D eigenvalue weighted by atomic mass is 10.1. The zero-order valence-corrected chi connectivity index (χ0v) is 15.0. The molecule has 1 aliphatic rings. The van der Waals surface area contributed by atoms with Crippen LogP contribution in [0.3, 0.4) is 0 Å². The van der Waals surface area contributed by atoms with Gasteiger partial charge in [-0.1, -0.05) is 6.07 Å². The van der Waals surface area contributed by atoms with Gasteiger partial charge in [-0.15, -0.1) is 0 Å². The molecular weight excluding hydrogens is 316 g/mol. The molecule has 0 bridgehead atoms. The van der Waals surface area contributed by atoms with Gasteiger partial charge in [-0.2, -0.15) is 0 Å². The number of likely N-dealkylation sites (tertiary alicyclic amines) is 1. The molecule has 1 aliphatic heterocycles. The summed E-state index contributed by atoms with van der Waals surface area (Å²) < 4.78 is 11.2. The summed E-state index contributed by atoms with van der Waals surface area (Å²) in [5.41, 5.74) is 2.26. The van der Waals surface area contributed by atoms with E-state index in [1.54, 1.807) is 6.26 Å². The first-order valence-corrected chi connectivity index (χ1v) is 8.97. The second kappa shape index (κ2) is 8.21. The smallest absolute Gasteiger partial charge is 0.258 e. The maximum atomic E-state index is 12.2. The summed E-state index contributed by atoms with van der Waals surface area (Å²) in [6.07, 6.45) is 4.16. The number of carbonyl (C=O) groups excluding carboxylic acids is 1.